The summed E-state index contributed by atoms with van der Waals surface area (Å²) in [5, 5.41) is 21.4. The number of nitrogens with zero attached hydrogens (tertiary/aromatic N) is 1. The van der Waals surface area contributed by atoms with E-state index in [-0.39, 0.29) is 57.4 Å². The Labute approximate surface area is 228 Å². The van der Waals surface area contributed by atoms with Gasteiger partial charge in [0, 0.05) is 17.8 Å². The van der Waals surface area contributed by atoms with Crippen molar-refractivity contribution in [2.75, 3.05) is 7.11 Å². The van der Waals surface area contributed by atoms with Crippen LogP contribution in [0.1, 0.15) is 99.8 Å². The summed E-state index contributed by atoms with van der Waals surface area (Å²) in [5.74, 6) is -0.129. The number of carbonyl (C=O) groups excluding carboxylic acids is 2. The predicted molar refractivity (Wildman–Crippen MR) is 143 cm³/mol. The van der Waals surface area contributed by atoms with Crippen LogP contribution in [0, 0.1) is 61.6 Å². The van der Waals surface area contributed by atoms with E-state index in [2.05, 4.69) is 40.7 Å². The molecule has 9 atom stereocenters. The van der Waals surface area contributed by atoms with Crippen LogP contribution in [0.15, 0.2) is 11.6 Å². The van der Waals surface area contributed by atoms with Crippen molar-refractivity contribution in [1.82, 2.24) is 0 Å². The van der Waals surface area contributed by atoms with Crippen molar-refractivity contribution in [3.05, 3.63) is 11.6 Å². The van der Waals surface area contributed by atoms with E-state index in [1.165, 1.54) is 7.11 Å². The second kappa shape index (κ2) is 8.40. The molecule has 0 aromatic carbocycles. The maximum atomic E-state index is 13.4. The van der Waals surface area contributed by atoms with Crippen molar-refractivity contribution in [3.63, 3.8) is 0 Å². The highest BCUT2D eigenvalue weighted by Crippen LogP contribution is 2.73. The molecule has 0 spiro atoms. The van der Waals surface area contributed by atoms with Crippen LogP contribution < -0.4 is 0 Å². The van der Waals surface area contributed by atoms with E-state index in [9.17, 15) is 20.0 Å². The molecule has 1 saturated heterocycles. The summed E-state index contributed by atoms with van der Waals surface area (Å²) < 4.78 is 12.1. The molecule has 38 heavy (non-hydrogen) atoms. The van der Waals surface area contributed by atoms with Gasteiger partial charge in [0.2, 0.25) is 0 Å². The molecule has 1 aliphatic heterocycles. The maximum absolute atomic E-state index is 13.4. The van der Waals surface area contributed by atoms with E-state index in [1.54, 1.807) is 0 Å². The van der Waals surface area contributed by atoms with Gasteiger partial charge < -0.3 is 14.6 Å². The number of ketones is 1. The molecular formula is C32H47NO5. The standard InChI is InChI=1S/C32H47NO5/c1-27(2)11-13-32(26(36)37-8)14-12-31(7)25(20(32)17-27)38-23(34)15-22-29(5)16-19(18-33)24(35)28(3,4)21(29)9-10-30(22,31)6/h16,20-23,25,34H,9-15,17H2,1-8H3/t20?,21-,22+,23?,25?,29-,30+,31+,32-/m0/s1. The molecule has 0 aromatic rings. The SMILES string of the molecule is COC(=O)[C@]12CCC(C)(C)CC1C1OC(O)C[C@@H]3[C@@]4(C)C=C(C#N)C(=O)C(C)(C)[C@@H]4CC[C@@]3(C)[C@]1(C)CC2. The molecule has 0 radical (unpaired) electrons. The minimum Gasteiger partial charge on any atom is -0.469 e. The summed E-state index contributed by atoms with van der Waals surface area (Å²) in [6.07, 6.45) is 7.16. The van der Waals surface area contributed by atoms with E-state index >= 15 is 0 Å². The highest BCUT2D eigenvalue weighted by Gasteiger charge is 2.71. The van der Waals surface area contributed by atoms with Crippen LogP contribution in [0.3, 0.4) is 0 Å². The summed E-state index contributed by atoms with van der Waals surface area (Å²) in [6.45, 7) is 15.5. The van der Waals surface area contributed by atoms with E-state index in [0.29, 0.717) is 6.42 Å². The lowest BCUT2D eigenvalue weighted by atomic mass is 9.36. The van der Waals surface area contributed by atoms with E-state index in [0.717, 1.165) is 44.9 Å². The summed E-state index contributed by atoms with van der Waals surface area (Å²) in [7, 11) is 1.50. The van der Waals surface area contributed by atoms with Crippen LogP contribution in [0.4, 0.5) is 0 Å². The molecule has 1 heterocycles. The number of carbonyl (C=O) groups is 2. The second-order valence-corrected chi connectivity index (χ2v) is 15.4. The van der Waals surface area contributed by atoms with Crippen LogP contribution >= 0.6 is 0 Å². The third-order valence-corrected chi connectivity index (χ3v) is 13.0. The Morgan fingerprint density at radius 2 is 1.68 bits per heavy atom. The molecule has 3 unspecified atom stereocenters. The summed E-state index contributed by atoms with van der Waals surface area (Å²) in [5.41, 5.74) is -1.83. The maximum Gasteiger partial charge on any atom is 0.312 e. The molecule has 5 aliphatic rings. The molecule has 5 rings (SSSR count). The van der Waals surface area contributed by atoms with Crippen molar-refractivity contribution in [3.8, 4) is 6.07 Å². The molecule has 4 aliphatic carbocycles. The zero-order chi connectivity index (χ0) is 28.1. The third kappa shape index (κ3) is 3.43. The average molecular weight is 526 g/mol. The predicted octanol–water partition coefficient (Wildman–Crippen LogP) is 5.98. The zero-order valence-corrected chi connectivity index (χ0v) is 24.6. The van der Waals surface area contributed by atoms with Gasteiger partial charge in [-0.3, -0.25) is 9.59 Å². The summed E-state index contributed by atoms with van der Waals surface area (Å²) in [6, 6.07) is 2.20. The number of allylic oxidation sites excluding steroid dienone is 2. The molecule has 4 fully saturated rings. The Bertz CT molecular complexity index is 1120. The second-order valence-electron chi connectivity index (χ2n) is 15.4. The Morgan fingerprint density at radius 1 is 1.03 bits per heavy atom. The molecule has 6 nitrogen and oxygen atoms in total. The minimum absolute atomic E-state index is 0.0247. The number of fused-ring (bicyclic) bond motifs is 7. The minimum atomic E-state index is -0.972. The van der Waals surface area contributed by atoms with Gasteiger partial charge in [-0.15, -0.1) is 0 Å². The fourth-order valence-electron chi connectivity index (χ4n) is 10.6. The Morgan fingerprint density at radius 3 is 2.32 bits per heavy atom. The van der Waals surface area contributed by atoms with E-state index in [4.69, 9.17) is 9.47 Å². The molecule has 3 saturated carbocycles. The van der Waals surface area contributed by atoms with E-state index in [1.807, 2.05) is 19.9 Å². The first-order valence-electron chi connectivity index (χ1n) is 14.6. The van der Waals surface area contributed by atoms with Gasteiger partial charge in [-0.25, -0.2) is 0 Å². The number of hydrogen-bond donors (Lipinski definition) is 1. The number of methoxy groups -OCH3 is 1. The first-order valence-corrected chi connectivity index (χ1v) is 14.6. The van der Waals surface area contributed by atoms with Crippen molar-refractivity contribution >= 4 is 11.8 Å². The zero-order valence-electron chi connectivity index (χ0n) is 24.6. The normalized spacial score (nSPS) is 49.1. The highest BCUT2D eigenvalue weighted by atomic mass is 16.6. The number of aliphatic hydroxyl groups is 1. The van der Waals surface area contributed by atoms with Crippen molar-refractivity contribution in [2.45, 2.75) is 112 Å². The van der Waals surface area contributed by atoms with Crippen molar-refractivity contribution in [1.29, 1.82) is 5.26 Å². The highest BCUT2D eigenvalue weighted by molar-refractivity contribution is 6.04. The molecule has 0 bridgehead atoms. The van der Waals surface area contributed by atoms with Gasteiger partial charge in [0.05, 0.1) is 24.2 Å². The lowest BCUT2D eigenvalue weighted by Gasteiger charge is -2.67. The van der Waals surface area contributed by atoms with Gasteiger partial charge in [-0.05, 0) is 78.4 Å². The van der Waals surface area contributed by atoms with Gasteiger partial charge >= 0.3 is 5.97 Å². The number of nitriles is 1. The van der Waals surface area contributed by atoms with Gasteiger partial charge in [0.15, 0.2) is 12.1 Å². The monoisotopic (exact) mass is 525 g/mol. The number of esters is 1. The van der Waals surface area contributed by atoms with Crippen LogP contribution in [-0.2, 0) is 19.1 Å². The number of Topliss-reactive ketones (excluding diaryl/α,β-unsaturated/α-hetero) is 1. The van der Waals surface area contributed by atoms with Gasteiger partial charge in [-0.2, -0.15) is 5.26 Å². The van der Waals surface area contributed by atoms with Crippen LogP contribution in [0.2, 0.25) is 0 Å². The van der Waals surface area contributed by atoms with Crippen molar-refractivity contribution < 1.29 is 24.2 Å². The fourth-order valence-corrected chi connectivity index (χ4v) is 10.6. The van der Waals surface area contributed by atoms with Crippen LogP contribution in [-0.4, -0.2) is 36.4 Å². The van der Waals surface area contributed by atoms with Gasteiger partial charge in [-0.1, -0.05) is 54.5 Å². The Hall–Kier alpha value is -1.71. The smallest absolute Gasteiger partial charge is 0.312 e. The number of ether oxygens (including phenoxy) is 2. The molecule has 0 amide bonds. The molecule has 0 aromatic heterocycles. The fraction of sp³-hybridized carbons (Fsp3) is 0.844. The van der Waals surface area contributed by atoms with E-state index < -0.39 is 22.5 Å². The Balaban J connectivity index is 1.66. The lowest BCUT2D eigenvalue weighted by molar-refractivity contribution is -0.247. The summed E-state index contributed by atoms with van der Waals surface area (Å²) >= 11 is 0. The van der Waals surface area contributed by atoms with Gasteiger partial charge in [0.1, 0.15) is 6.07 Å². The summed E-state index contributed by atoms with van der Waals surface area (Å²) in [4.78, 5) is 26.7. The largest absolute Gasteiger partial charge is 0.469 e. The molecule has 210 valence electrons. The first-order chi connectivity index (χ1) is 17.5. The number of aliphatic hydroxyl groups excluding tert-OH is 1. The molecule has 6 heteroatoms. The van der Waals surface area contributed by atoms with Crippen molar-refractivity contribution in [2.24, 2.45) is 50.2 Å². The Kier molecular flexibility index (Phi) is 6.15. The molecule has 1 N–H and O–H groups in total. The number of hydrogen-bond acceptors (Lipinski definition) is 6. The topological polar surface area (TPSA) is 96.6 Å². The van der Waals surface area contributed by atoms with Crippen LogP contribution in [0.5, 0.6) is 0 Å². The average Bonchev–Trinajstić information content (AvgIpc) is 2.93. The van der Waals surface area contributed by atoms with Crippen LogP contribution in [0.25, 0.3) is 0 Å². The lowest BCUT2D eigenvalue weighted by Crippen LogP contribution is -2.66. The third-order valence-electron chi connectivity index (χ3n) is 13.0. The van der Waals surface area contributed by atoms with Gasteiger partial charge in [0.25, 0.3) is 0 Å². The molecular weight excluding hydrogens is 478 g/mol. The first kappa shape index (κ1) is 27.8. The quantitative estimate of drug-likeness (QED) is 0.423. The number of rotatable bonds is 1.